The van der Waals surface area contributed by atoms with Gasteiger partial charge in [-0.2, -0.15) is 5.10 Å². The second-order valence-corrected chi connectivity index (χ2v) is 7.52. The number of nitrogens with zero attached hydrogens (tertiary/aromatic N) is 5. The fraction of sp³-hybridized carbons (Fsp3) is 0.476. The van der Waals surface area contributed by atoms with Gasteiger partial charge in [-0.1, -0.05) is 18.2 Å². The number of hydrogen-bond acceptors (Lipinski definition) is 4. The molecule has 7 heteroatoms. The smallest absolute Gasteiger partial charge is 0.257 e. The number of piperazine rings is 1. The normalized spacial score (nSPS) is 18.3. The molecule has 2 saturated heterocycles. The van der Waals surface area contributed by atoms with Gasteiger partial charge in [0.25, 0.3) is 5.91 Å². The number of likely N-dealkylation sites (tertiary alicyclic amines) is 1. The van der Waals surface area contributed by atoms with Crippen molar-refractivity contribution in [2.45, 2.75) is 19.3 Å². The average molecular weight is 381 g/mol. The molecule has 148 valence electrons. The first-order chi connectivity index (χ1) is 13.7. The van der Waals surface area contributed by atoms with Crippen molar-refractivity contribution in [2.75, 3.05) is 45.8 Å². The number of para-hydroxylation sites is 1. The maximum Gasteiger partial charge on any atom is 0.257 e. The molecule has 4 rings (SSSR count). The molecule has 3 heterocycles. The number of carbonyl (C=O) groups excluding carboxylic acids is 2. The van der Waals surface area contributed by atoms with Crippen LogP contribution in [0.15, 0.2) is 42.7 Å². The van der Waals surface area contributed by atoms with Crippen molar-refractivity contribution in [3.05, 3.63) is 48.3 Å². The lowest BCUT2D eigenvalue weighted by molar-refractivity contribution is -0.133. The minimum Gasteiger partial charge on any atom is -0.342 e. The Bertz CT molecular complexity index is 805. The van der Waals surface area contributed by atoms with E-state index in [-0.39, 0.29) is 11.8 Å². The van der Waals surface area contributed by atoms with Gasteiger partial charge in [-0.15, -0.1) is 0 Å². The van der Waals surface area contributed by atoms with E-state index in [2.05, 4.69) is 10.00 Å². The van der Waals surface area contributed by atoms with Crippen molar-refractivity contribution in [1.29, 1.82) is 0 Å². The van der Waals surface area contributed by atoms with Crippen LogP contribution >= 0.6 is 0 Å². The third kappa shape index (κ3) is 4.25. The summed E-state index contributed by atoms with van der Waals surface area (Å²) in [4.78, 5) is 31.2. The summed E-state index contributed by atoms with van der Waals surface area (Å²) in [5, 5.41) is 4.32. The average Bonchev–Trinajstić information content (AvgIpc) is 3.25. The van der Waals surface area contributed by atoms with Crippen LogP contribution in [0.4, 0.5) is 0 Å². The summed E-state index contributed by atoms with van der Waals surface area (Å²) in [6.07, 6.45) is 6.87. The highest BCUT2D eigenvalue weighted by atomic mass is 16.2. The molecule has 0 spiro atoms. The van der Waals surface area contributed by atoms with E-state index in [0.717, 1.165) is 44.7 Å². The molecule has 0 unspecified atom stereocenters. The summed E-state index contributed by atoms with van der Waals surface area (Å²) < 4.78 is 1.72. The highest BCUT2D eigenvalue weighted by Crippen LogP contribution is 2.13. The second-order valence-electron chi connectivity index (χ2n) is 7.52. The molecule has 2 amide bonds. The lowest BCUT2D eigenvalue weighted by Crippen LogP contribution is -2.52. The van der Waals surface area contributed by atoms with Gasteiger partial charge in [-0.3, -0.25) is 14.5 Å². The lowest BCUT2D eigenvalue weighted by atomic mass is 10.1. The topological polar surface area (TPSA) is 61.7 Å². The van der Waals surface area contributed by atoms with Gasteiger partial charge in [0.05, 0.1) is 24.0 Å². The predicted molar refractivity (Wildman–Crippen MR) is 106 cm³/mol. The van der Waals surface area contributed by atoms with Crippen LogP contribution in [0.3, 0.4) is 0 Å². The highest BCUT2D eigenvalue weighted by molar-refractivity contribution is 5.94. The van der Waals surface area contributed by atoms with Gasteiger partial charge in [0.15, 0.2) is 0 Å². The van der Waals surface area contributed by atoms with Gasteiger partial charge >= 0.3 is 0 Å². The number of amides is 2. The molecule has 2 fully saturated rings. The minimum absolute atomic E-state index is 0.00388. The minimum atomic E-state index is 0.00388. The molecule has 2 aliphatic heterocycles. The highest BCUT2D eigenvalue weighted by Gasteiger charge is 2.26. The number of benzene rings is 1. The van der Waals surface area contributed by atoms with Gasteiger partial charge < -0.3 is 9.80 Å². The molecule has 2 aliphatic rings. The van der Waals surface area contributed by atoms with E-state index < -0.39 is 0 Å². The van der Waals surface area contributed by atoms with E-state index in [4.69, 9.17) is 0 Å². The van der Waals surface area contributed by atoms with Crippen molar-refractivity contribution in [1.82, 2.24) is 24.5 Å². The van der Waals surface area contributed by atoms with Crippen molar-refractivity contribution in [2.24, 2.45) is 0 Å². The van der Waals surface area contributed by atoms with Crippen molar-refractivity contribution in [3.63, 3.8) is 0 Å². The molecule has 0 radical (unpaired) electrons. The Labute approximate surface area is 165 Å². The van der Waals surface area contributed by atoms with E-state index in [9.17, 15) is 9.59 Å². The fourth-order valence-corrected chi connectivity index (χ4v) is 3.88. The fourth-order valence-electron chi connectivity index (χ4n) is 3.88. The number of rotatable bonds is 4. The molecule has 0 saturated carbocycles. The first-order valence-corrected chi connectivity index (χ1v) is 10.1. The number of aromatic nitrogens is 2. The Kier molecular flexibility index (Phi) is 5.71. The standard InChI is InChI=1S/C21H27N5O2/c27-20(24-9-5-2-6-10-24)17-23-11-13-25(14-12-23)21(28)18-15-22-26(16-18)19-7-3-1-4-8-19/h1,3-4,7-8,15-16H,2,5-6,9-14,17H2. The van der Waals surface area contributed by atoms with E-state index in [1.54, 1.807) is 17.1 Å². The van der Waals surface area contributed by atoms with E-state index in [0.29, 0.717) is 25.2 Å². The first-order valence-electron chi connectivity index (χ1n) is 10.1. The number of carbonyl (C=O) groups is 2. The SMILES string of the molecule is O=C(CN1CCN(C(=O)c2cnn(-c3ccccc3)c2)CC1)N1CCCCC1. The Balaban J connectivity index is 1.29. The van der Waals surface area contributed by atoms with Crippen molar-refractivity contribution >= 4 is 11.8 Å². The molecular weight excluding hydrogens is 354 g/mol. The van der Waals surface area contributed by atoms with Gasteiger partial charge in [0, 0.05) is 45.5 Å². The van der Waals surface area contributed by atoms with E-state index >= 15 is 0 Å². The Morgan fingerprint density at radius 1 is 0.857 bits per heavy atom. The summed E-state index contributed by atoms with van der Waals surface area (Å²) in [6, 6.07) is 9.76. The largest absolute Gasteiger partial charge is 0.342 e. The molecule has 0 N–H and O–H groups in total. The lowest BCUT2D eigenvalue weighted by Gasteiger charge is -2.36. The van der Waals surface area contributed by atoms with Crippen LogP contribution in [-0.2, 0) is 4.79 Å². The van der Waals surface area contributed by atoms with E-state index in [1.807, 2.05) is 40.1 Å². The summed E-state index contributed by atoms with van der Waals surface area (Å²) in [5.74, 6) is 0.229. The quantitative estimate of drug-likeness (QED) is 0.808. The molecule has 0 atom stereocenters. The molecule has 2 aromatic rings. The maximum atomic E-state index is 12.8. The Morgan fingerprint density at radius 3 is 2.29 bits per heavy atom. The van der Waals surface area contributed by atoms with Gasteiger partial charge in [0.1, 0.15) is 0 Å². The Morgan fingerprint density at radius 2 is 1.57 bits per heavy atom. The summed E-state index contributed by atoms with van der Waals surface area (Å²) in [5.41, 5.74) is 1.53. The summed E-state index contributed by atoms with van der Waals surface area (Å²) in [7, 11) is 0. The predicted octanol–water partition coefficient (Wildman–Crippen LogP) is 1.64. The van der Waals surface area contributed by atoms with Crippen LogP contribution in [0.5, 0.6) is 0 Å². The molecule has 28 heavy (non-hydrogen) atoms. The van der Waals surface area contributed by atoms with Crippen molar-refractivity contribution in [3.8, 4) is 5.69 Å². The van der Waals surface area contributed by atoms with Gasteiger partial charge in [-0.05, 0) is 31.4 Å². The van der Waals surface area contributed by atoms with Gasteiger partial charge in [-0.25, -0.2) is 4.68 Å². The van der Waals surface area contributed by atoms with E-state index in [1.165, 1.54) is 6.42 Å². The zero-order valence-electron chi connectivity index (χ0n) is 16.2. The first kappa shape index (κ1) is 18.7. The summed E-state index contributed by atoms with van der Waals surface area (Å²) >= 11 is 0. The third-order valence-electron chi connectivity index (χ3n) is 5.58. The van der Waals surface area contributed by atoms with Crippen LogP contribution in [0, 0.1) is 0 Å². The monoisotopic (exact) mass is 381 g/mol. The molecule has 0 aliphatic carbocycles. The molecule has 7 nitrogen and oxygen atoms in total. The molecule has 0 bridgehead atoms. The van der Waals surface area contributed by atoms with Crippen molar-refractivity contribution < 1.29 is 9.59 Å². The Hall–Kier alpha value is -2.67. The van der Waals surface area contributed by atoms with Crippen LogP contribution < -0.4 is 0 Å². The second kappa shape index (κ2) is 8.56. The van der Waals surface area contributed by atoms with Crippen LogP contribution in [0.1, 0.15) is 29.6 Å². The van der Waals surface area contributed by atoms with Crippen LogP contribution in [0.25, 0.3) is 5.69 Å². The zero-order valence-corrected chi connectivity index (χ0v) is 16.2. The van der Waals surface area contributed by atoms with Crippen LogP contribution in [-0.4, -0.2) is 82.1 Å². The number of hydrogen-bond donors (Lipinski definition) is 0. The van der Waals surface area contributed by atoms with Crippen LogP contribution in [0.2, 0.25) is 0 Å². The molecule has 1 aromatic carbocycles. The number of piperidine rings is 1. The summed E-state index contributed by atoms with van der Waals surface area (Å²) in [6.45, 7) is 5.00. The molecular formula is C21H27N5O2. The van der Waals surface area contributed by atoms with Gasteiger partial charge in [0.2, 0.25) is 5.91 Å². The third-order valence-corrected chi connectivity index (χ3v) is 5.58. The maximum absolute atomic E-state index is 12.8. The zero-order chi connectivity index (χ0) is 19.3. The molecule has 1 aromatic heterocycles.